The third-order valence-corrected chi connectivity index (χ3v) is 1.24. The van der Waals surface area contributed by atoms with Crippen molar-refractivity contribution < 1.29 is 13.3 Å². The van der Waals surface area contributed by atoms with Crippen LogP contribution in [-0.2, 0) is 19.6 Å². The monoisotopic (exact) mass is 131 g/mol. The lowest BCUT2D eigenvalue weighted by Gasteiger charge is -1.82. The maximum absolute atomic E-state index is 9.53. The summed E-state index contributed by atoms with van der Waals surface area (Å²) in [5.74, 6) is 0. The Bertz CT molecular complexity index is 122. The van der Waals surface area contributed by atoms with E-state index in [1.165, 1.54) is 0 Å². The van der Waals surface area contributed by atoms with Crippen molar-refractivity contribution in [3.8, 4) is 0 Å². The summed E-state index contributed by atoms with van der Waals surface area (Å²) in [7, 11) is -4.05. The average molecular weight is 131 g/mol. The zero-order valence-corrected chi connectivity index (χ0v) is 4.45. The summed E-state index contributed by atoms with van der Waals surface area (Å²) in [6, 6.07) is 0. The quantitative estimate of drug-likeness (QED) is 0.312. The fourth-order valence-corrected chi connectivity index (χ4v) is 0. The molecule has 0 saturated carbocycles. The van der Waals surface area contributed by atoms with E-state index >= 15 is 0 Å². The molecule has 6 heteroatoms. The Morgan fingerprint density at radius 2 is 1.83 bits per heavy atom. The molecule has 0 saturated heterocycles. The van der Waals surface area contributed by atoms with Gasteiger partial charge in [0.25, 0.3) is 0 Å². The lowest BCUT2D eigenvalue weighted by atomic mass is 14.0. The molecule has 0 amide bonds. The fraction of sp³-hybridized carbons (Fsp3) is 0. The van der Waals surface area contributed by atoms with Crippen LogP contribution in [0.25, 0.3) is 0 Å². The Balaban J connectivity index is 4.24. The Hall–Kier alpha value is 0.380. The number of rotatable bonds is 0. The molecule has 0 aromatic rings. The van der Waals surface area contributed by atoms with Crippen molar-refractivity contribution in [3.05, 3.63) is 0 Å². The van der Waals surface area contributed by atoms with Gasteiger partial charge in [0.1, 0.15) is 0 Å². The molecule has 0 radical (unpaired) electrons. The summed E-state index contributed by atoms with van der Waals surface area (Å²) < 4.78 is 25.1. The lowest BCUT2D eigenvalue weighted by molar-refractivity contribution is 0.450. The second kappa shape index (κ2) is 1.90. The molecule has 0 bridgehead atoms. The van der Waals surface area contributed by atoms with Crippen LogP contribution < -0.4 is 5.14 Å². The molecule has 4 N–H and O–H groups in total. The summed E-state index contributed by atoms with van der Waals surface area (Å²) in [6.45, 7) is 0. The van der Waals surface area contributed by atoms with E-state index in [4.69, 9.17) is 9.11 Å². The van der Waals surface area contributed by atoms with E-state index in [1.807, 2.05) is 0 Å². The van der Waals surface area contributed by atoms with Crippen molar-refractivity contribution in [3.63, 3.8) is 0 Å². The van der Waals surface area contributed by atoms with E-state index in [9.17, 15) is 4.21 Å². The number of thiol groups is 1. The Morgan fingerprint density at radius 1 is 1.67 bits per heavy atom. The first kappa shape index (κ1) is 6.38. The molecular weight excluding hydrogens is 126 g/mol. The van der Waals surface area contributed by atoms with Crippen LogP contribution in [0, 0.1) is 0 Å². The molecule has 4 nitrogen and oxygen atoms in total. The Kier molecular flexibility index (Phi) is 2.02. The number of nitrogens with two attached hydrogens (primary N) is 1. The predicted molar refractivity (Wildman–Crippen MR) is 26.3 cm³/mol. The highest BCUT2D eigenvalue weighted by Crippen LogP contribution is 1.66. The molecule has 0 aromatic heterocycles. The van der Waals surface area contributed by atoms with Crippen LogP contribution in [-0.4, -0.2) is 13.3 Å². The van der Waals surface area contributed by atoms with Gasteiger partial charge < -0.3 is 0 Å². The number of hydrogen-bond donors (Lipinski definition) is 4. The van der Waals surface area contributed by atoms with E-state index in [2.05, 4.69) is 5.14 Å². The van der Waals surface area contributed by atoms with Crippen molar-refractivity contribution in [1.29, 1.82) is 0 Å². The summed E-state index contributed by atoms with van der Waals surface area (Å²) in [4.78, 5) is 0. The smallest absolute Gasteiger partial charge is 0.233 e. The second-order valence-corrected chi connectivity index (χ2v) is 3.78. The van der Waals surface area contributed by atoms with Gasteiger partial charge in [0.2, 0.25) is 9.05 Å². The van der Waals surface area contributed by atoms with Gasteiger partial charge in [-0.1, -0.05) is 0 Å². The molecule has 0 aromatic carbocycles. The van der Waals surface area contributed by atoms with E-state index in [1.54, 1.807) is 0 Å². The fourth-order valence-electron chi connectivity index (χ4n) is 0. The summed E-state index contributed by atoms with van der Waals surface area (Å²) in [5.41, 5.74) is 0. The van der Waals surface area contributed by atoms with Crippen molar-refractivity contribution in [2.45, 2.75) is 0 Å². The van der Waals surface area contributed by atoms with Gasteiger partial charge in [-0.05, 0) is 10.5 Å². The average Bonchev–Trinajstić information content (AvgIpc) is 1.35. The zero-order valence-electron chi connectivity index (χ0n) is 2.74. The molecule has 0 fully saturated rings. The largest absolute Gasteiger partial charge is 0.288 e. The third kappa shape index (κ3) is 4.38. The molecule has 0 heterocycles. The molecule has 0 spiro atoms. The standard InChI is InChI=1S/H5NO3S2/c1-5-6(2,3)4/h5H,1H2,(H2,2,3,4). The van der Waals surface area contributed by atoms with Crippen molar-refractivity contribution in [2.24, 2.45) is 5.14 Å². The lowest BCUT2D eigenvalue weighted by Crippen LogP contribution is -1.99. The molecule has 0 aliphatic rings. The van der Waals surface area contributed by atoms with Gasteiger partial charge in [0.05, 0.1) is 0 Å². The van der Waals surface area contributed by atoms with E-state index in [0.29, 0.717) is 0 Å². The topological polar surface area (TPSA) is 83.6 Å². The van der Waals surface area contributed by atoms with E-state index in [0.717, 1.165) is 0 Å². The maximum atomic E-state index is 9.53. The Morgan fingerprint density at radius 3 is 1.83 bits per heavy atom. The maximum Gasteiger partial charge on any atom is 0.233 e. The Labute approximate surface area is 38.8 Å². The van der Waals surface area contributed by atoms with Crippen LogP contribution in [0.15, 0.2) is 0 Å². The molecule has 0 rings (SSSR count). The van der Waals surface area contributed by atoms with Crippen LogP contribution in [0.5, 0.6) is 0 Å². The SMILES string of the molecule is N[SH]=S(=O)(O)O. The molecule has 0 aliphatic heterocycles. The first-order chi connectivity index (χ1) is 2.56. The van der Waals surface area contributed by atoms with Gasteiger partial charge in [-0.3, -0.25) is 14.2 Å². The minimum atomic E-state index is -3.66. The van der Waals surface area contributed by atoms with Crippen LogP contribution >= 0.6 is 0 Å². The first-order valence-corrected chi connectivity index (χ1v) is 4.01. The summed E-state index contributed by atoms with van der Waals surface area (Å²) >= 11 is 0. The highest BCUT2D eigenvalue weighted by Gasteiger charge is 1.81. The zero-order chi connectivity index (χ0) is 5.21. The van der Waals surface area contributed by atoms with Crippen LogP contribution in [0.1, 0.15) is 0 Å². The highest BCUT2D eigenvalue weighted by molar-refractivity contribution is 8.33. The highest BCUT2D eigenvalue weighted by atomic mass is 32.9. The molecule has 0 atom stereocenters. The van der Waals surface area contributed by atoms with Gasteiger partial charge in [0, 0.05) is 0 Å². The normalized spacial score (nSPS) is 11.8. The number of hydrogen-bond acceptors (Lipinski definition) is 1. The minimum Gasteiger partial charge on any atom is -0.288 e. The molecule has 0 unspecified atom stereocenters. The molecular formula is H5NO3S2. The van der Waals surface area contributed by atoms with Crippen LogP contribution in [0.3, 0.4) is 0 Å². The van der Waals surface area contributed by atoms with Gasteiger partial charge in [-0.25, -0.2) is 4.21 Å². The van der Waals surface area contributed by atoms with Crippen molar-refractivity contribution in [2.75, 3.05) is 0 Å². The van der Waals surface area contributed by atoms with Crippen LogP contribution in [0.2, 0.25) is 0 Å². The summed E-state index contributed by atoms with van der Waals surface area (Å²) in [5, 5.41) is 4.50. The molecule has 40 valence electrons. The molecule has 6 heavy (non-hydrogen) atoms. The first-order valence-electron chi connectivity index (χ1n) is 0.973. The van der Waals surface area contributed by atoms with E-state index in [-0.39, 0.29) is 10.5 Å². The van der Waals surface area contributed by atoms with E-state index < -0.39 is 9.05 Å². The molecule has 0 aliphatic carbocycles. The van der Waals surface area contributed by atoms with Gasteiger partial charge in [-0.15, -0.1) is 0 Å². The van der Waals surface area contributed by atoms with Gasteiger partial charge in [-0.2, -0.15) is 0 Å². The predicted octanol–water partition coefficient (Wildman–Crippen LogP) is -1.18. The van der Waals surface area contributed by atoms with Gasteiger partial charge in [0.15, 0.2) is 0 Å². The van der Waals surface area contributed by atoms with Crippen LogP contribution in [0.4, 0.5) is 0 Å². The summed E-state index contributed by atoms with van der Waals surface area (Å²) in [6.07, 6.45) is 0. The van der Waals surface area contributed by atoms with Crippen molar-refractivity contribution in [1.82, 2.24) is 0 Å². The minimum absolute atomic E-state index is 0.387. The third-order valence-electron chi connectivity index (χ3n) is 0.137. The second-order valence-electron chi connectivity index (χ2n) is 0.574. The van der Waals surface area contributed by atoms with Crippen molar-refractivity contribution >= 4 is 19.6 Å². The van der Waals surface area contributed by atoms with Gasteiger partial charge >= 0.3 is 0 Å².